The van der Waals surface area contributed by atoms with Crippen LogP contribution in [0.1, 0.15) is 31.7 Å². The highest BCUT2D eigenvalue weighted by Crippen LogP contribution is 2.33. The standard InChI is InChI=1S/C15H24ClNO3/c1-3-4-11(5-6-18)9-17-10-12-7-13(16)8-14(20-2)15(12)19/h7-8,11,17-19H,3-6,9-10H2,1-2H3. The number of nitrogens with one attached hydrogen (secondary N) is 1. The Morgan fingerprint density at radius 2 is 2.10 bits per heavy atom. The number of methoxy groups -OCH3 is 1. The monoisotopic (exact) mass is 301 g/mol. The largest absolute Gasteiger partial charge is 0.504 e. The Morgan fingerprint density at radius 3 is 2.70 bits per heavy atom. The Hall–Kier alpha value is -0.970. The van der Waals surface area contributed by atoms with Crippen LogP contribution in [-0.2, 0) is 6.54 Å². The maximum absolute atomic E-state index is 10.0. The van der Waals surface area contributed by atoms with Gasteiger partial charge in [0, 0.05) is 29.8 Å². The molecule has 0 saturated carbocycles. The molecule has 0 spiro atoms. The molecule has 3 N–H and O–H groups in total. The van der Waals surface area contributed by atoms with Crippen molar-refractivity contribution in [3.63, 3.8) is 0 Å². The molecule has 0 aliphatic carbocycles. The number of aliphatic hydroxyl groups excluding tert-OH is 1. The molecular formula is C15H24ClNO3. The molecule has 0 bridgehead atoms. The Bertz CT molecular complexity index is 406. The third-order valence-electron chi connectivity index (χ3n) is 3.32. The van der Waals surface area contributed by atoms with E-state index in [1.165, 1.54) is 7.11 Å². The molecule has 0 fully saturated rings. The molecule has 0 radical (unpaired) electrons. The van der Waals surface area contributed by atoms with Crippen molar-refractivity contribution in [3.8, 4) is 11.5 Å². The van der Waals surface area contributed by atoms with Gasteiger partial charge in [0.1, 0.15) is 0 Å². The summed E-state index contributed by atoms with van der Waals surface area (Å²) in [5.41, 5.74) is 0.716. The van der Waals surface area contributed by atoms with Gasteiger partial charge in [0.25, 0.3) is 0 Å². The van der Waals surface area contributed by atoms with Crippen molar-refractivity contribution in [2.24, 2.45) is 5.92 Å². The van der Waals surface area contributed by atoms with Crippen LogP contribution in [0.15, 0.2) is 12.1 Å². The Morgan fingerprint density at radius 1 is 1.35 bits per heavy atom. The lowest BCUT2D eigenvalue weighted by molar-refractivity contribution is 0.248. The molecule has 1 unspecified atom stereocenters. The molecule has 0 aliphatic heterocycles. The van der Waals surface area contributed by atoms with E-state index in [1.807, 2.05) is 0 Å². The predicted octanol–water partition coefficient (Wildman–Crippen LogP) is 2.94. The molecule has 0 heterocycles. The van der Waals surface area contributed by atoms with E-state index in [9.17, 15) is 5.11 Å². The Balaban J connectivity index is 2.58. The van der Waals surface area contributed by atoms with Crippen LogP contribution in [-0.4, -0.2) is 30.5 Å². The fourth-order valence-corrected chi connectivity index (χ4v) is 2.50. The van der Waals surface area contributed by atoms with E-state index >= 15 is 0 Å². The number of phenols is 1. The van der Waals surface area contributed by atoms with Crippen LogP contribution in [0.25, 0.3) is 0 Å². The van der Waals surface area contributed by atoms with E-state index in [0.29, 0.717) is 28.8 Å². The van der Waals surface area contributed by atoms with Crippen LogP contribution in [0.4, 0.5) is 0 Å². The highest BCUT2D eigenvalue weighted by molar-refractivity contribution is 6.30. The third kappa shape index (κ3) is 5.19. The van der Waals surface area contributed by atoms with E-state index in [0.717, 1.165) is 25.8 Å². The molecule has 1 atom stereocenters. The molecule has 20 heavy (non-hydrogen) atoms. The highest BCUT2D eigenvalue weighted by atomic mass is 35.5. The summed E-state index contributed by atoms with van der Waals surface area (Å²) in [7, 11) is 1.50. The summed E-state index contributed by atoms with van der Waals surface area (Å²) < 4.78 is 5.08. The Kier molecular flexibility index (Phi) is 7.73. The number of ether oxygens (including phenoxy) is 1. The van der Waals surface area contributed by atoms with Crippen molar-refractivity contribution in [1.29, 1.82) is 0 Å². The lowest BCUT2D eigenvalue weighted by Gasteiger charge is -2.16. The van der Waals surface area contributed by atoms with Crippen LogP contribution in [0, 0.1) is 5.92 Å². The molecule has 0 saturated heterocycles. The van der Waals surface area contributed by atoms with Gasteiger partial charge < -0.3 is 20.3 Å². The predicted molar refractivity (Wildman–Crippen MR) is 81.5 cm³/mol. The molecular weight excluding hydrogens is 278 g/mol. The topological polar surface area (TPSA) is 61.7 Å². The first-order valence-corrected chi connectivity index (χ1v) is 7.37. The summed E-state index contributed by atoms with van der Waals surface area (Å²) in [6.45, 7) is 3.68. The van der Waals surface area contributed by atoms with Crippen LogP contribution in [0.2, 0.25) is 5.02 Å². The van der Waals surface area contributed by atoms with E-state index < -0.39 is 0 Å². The minimum absolute atomic E-state index is 0.124. The maximum atomic E-state index is 10.0. The van der Waals surface area contributed by atoms with E-state index in [1.54, 1.807) is 12.1 Å². The lowest BCUT2D eigenvalue weighted by atomic mass is 10.00. The molecule has 0 amide bonds. The summed E-state index contributed by atoms with van der Waals surface area (Å²) in [6, 6.07) is 3.32. The van der Waals surface area contributed by atoms with E-state index in [4.69, 9.17) is 21.4 Å². The fourth-order valence-electron chi connectivity index (χ4n) is 2.27. The van der Waals surface area contributed by atoms with Gasteiger partial charge in [-0.25, -0.2) is 0 Å². The number of aliphatic hydroxyl groups is 1. The first kappa shape index (κ1) is 17.1. The minimum Gasteiger partial charge on any atom is -0.504 e. The van der Waals surface area contributed by atoms with E-state index in [-0.39, 0.29) is 12.4 Å². The van der Waals surface area contributed by atoms with Crippen molar-refractivity contribution in [1.82, 2.24) is 5.32 Å². The van der Waals surface area contributed by atoms with Gasteiger partial charge in [-0.3, -0.25) is 0 Å². The molecule has 1 rings (SSSR count). The van der Waals surface area contributed by atoms with Crippen molar-refractivity contribution in [3.05, 3.63) is 22.7 Å². The normalized spacial score (nSPS) is 12.4. The number of rotatable bonds is 9. The van der Waals surface area contributed by atoms with Crippen LogP contribution < -0.4 is 10.1 Å². The van der Waals surface area contributed by atoms with Gasteiger partial charge in [0.05, 0.1) is 7.11 Å². The second kappa shape index (κ2) is 9.06. The number of hydrogen-bond donors (Lipinski definition) is 3. The average Bonchev–Trinajstić information content (AvgIpc) is 2.42. The van der Waals surface area contributed by atoms with E-state index in [2.05, 4.69) is 12.2 Å². The summed E-state index contributed by atoms with van der Waals surface area (Å²) in [6.07, 6.45) is 2.98. The zero-order valence-electron chi connectivity index (χ0n) is 12.2. The number of halogens is 1. The smallest absolute Gasteiger partial charge is 0.162 e. The van der Waals surface area contributed by atoms with Crippen LogP contribution in [0.3, 0.4) is 0 Å². The van der Waals surface area contributed by atoms with Crippen molar-refractivity contribution in [2.75, 3.05) is 20.3 Å². The van der Waals surface area contributed by atoms with Gasteiger partial charge in [0.2, 0.25) is 0 Å². The average molecular weight is 302 g/mol. The van der Waals surface area contributed by atoms with Gasteiger partial charge >= 0.3 is 0 Å². The van der Waals surface area contributed by atoms with Gasteiger partial charge in [-0.2, -0.15) is 0 Å². The second-order valence-corrected chi connectivity index (χ2v) is 5.35. The van der Waals surface area contributed by atoms with Gasteiger partial charge in [-0.05, 0) is 31.4 Å². The van der Waals surface area contributed by atoms with Crippen molar-refractivity contribution in [2.45, 2.75) is 32.7 Å². The fraction of sp³-hybridized carbons (Fsp3) is 0.600. The molecule has 5 heteroatoms. The van der Waals surface area contributed by atoms with Crippen molar-refractivity contribution >= 4 is 11.6 Å². The number of benzene rings is 1. The molecule has 1 aromatic carbocycles. The molecule has 114 valence electrons. The number of phenolic OH excluding ortho intramolecular Hbond substituents is 1. The molecule has 0 aromatic heterocycles. The van der Waals surface area contributed by atoms with Crippen molar-refractivity contribution < 1.29 is 14.9 Å². The SMILES string of the molecule is CCCC(CCO)CNCc1cc(Cl)cc(OC)c1O. The molecule has 4 nitrogen and oxygen atoms in total. The summed E-state index contributed by atoms with van der Waals surface area (Å²) >= 11 is 5.99. The summed E-state index contributed by atoms with van der Waals surface area (Å²) in [4.78, 5) is 0. The van der Waals surface area contributed by atoms with Gasteiger partial charge in [-0.1, -0.05) is 24.9 Å². The zero-order valence-corrected chi connectivity index (χ0v) is 12.9. The number of aromatic hydroxyl groups is 1. The minimum atomic E-state index is 0.124. The summed E-state index contributed by atoms with van der Waals surface area (Å²) in [5, 5.41) is 22.9. The molecule has 0 aliphatic rings. The first-order chi connectivity index (χ1) is 9.62. The summed E-state index contributed by atoms with van der Waals surface area (Å²) in [5.74, 6) is 0.960. The first-order valence-electron chi connectivity index (χ1n) is 6.99. The van der Waals surface area contributed by atoms with Gasteiger partial charge in [0.15, 0.2) is 11.5 Å². The quantitative estimate of drug-likeness (QED) is 0.656. The second-order valence-electron chi connectivity index (χ2n) is 4.91. The number of hydrogen-bond acceptors (Lipinski definition) is 4. The zero-order chi connectivity index (χ0) is 15.0. The lowest BCUT2D eigenvalue weighted by Crippen LogP contribution is -2.23. The maximum Gasteiger partial charge on any atom is 0.162 e. The van der Waals surface area contributed by atoms with Crippen LogP contribution in [0.5, 0.6) is 11.5 Å². The molecule has 1 aromatic rings. The van der Waals surface area contributed by atoms with Crippen LogP contribution >= 0.6 is 11.6 Å². The van der Waals surface area contributed by atoms with Gasteiger partial charge in [-0.15, -0.1) is 0 Å². The third-order valence-corrected chi connectivity index (χ3v) is 3.54. The Labute approximate surface area is 125 Å². The highest BCUT2D eigenvalue weighted by Gasteiger charge is 2.11.